The summed E-state index contributed by atoms with van der Waals surface area (Å²) in [5, 5.41) is 0. The van der Waals surface area contributed by atoms with Crippen LogP contribution in [0.1, 0.15) is 28.7 Å². The fourth-order valence-corrected chi connectivity index (χ4v) is 7.97. The van der Waals surface area contributed by atoms with Crippen molar-refractivity contribution in [2.45, 2.75) is 43.1 Å². The Morgan fingerprint density at radius 3 is 1.31 bits per heavy atom. The van der Waals surface area contributed by atoms with Gasteiger partial charge in [0.05, 0.1) is 9.79 Å². The lowest BCUT2D eigenvalue weighted by molar-refractivity contribution is 0.333. The molecule has 4 aromatic rings. The van der Waals surface area contributed by atoms with E-state index in [1.165, 1.54) is 8.61 Å². The molecule has 0 saturated carbocycles. The Kier molecular flexibility index (Phi) is 10.4. The van der Waals surface area contributed by atoms with Crippen molar-refractivity contribution in [3.05, 3.63) is 131 Å². The smallest absolute Gasteiger partial charge is 0.243 e. The number of fused-ring (bicyclic) bond motifs is 2. The highest BCUT2D eigenvalue weighted by molar-refractivity contribution is 7.89. The molecule has 0 fully saturated rings. The van der Waals surface area contributed by atoms with E-state index < -0.39 is 20.0 Å². The van der Waals surface area contributed by atoms with Crippen LogP contribution in [0.5, 0.6) is 11.5 Å². The van der Waals surface area contributed by atoms with E-state index in [0.717, 1.165) is 11.1 Å². The molecular formula is C35H38N2O6S2. The lowest BCUT2D eigenvalue weighted by Gasteiger charge is -2.26. The van der Waals surface area contributed by atoms with Gasteiger partial charge in [-0.15, -0.1) is 0 Å². The fraction of sp³-hybridized carbons (Fsp3) is 0.257. The standard InChI is InChI=1S/C35H38N2O6S2/c1-28-14-18-32(19-15-28)44(38,39)36-22-9-23-37(45(40,41)33-20-16-29(2)17-21-33)27-31-11-4-6-13-35(31)43-25-8-7-24-42-34-12-5-3-10-30(34)26-36/h3-8,10-21H,9,22-27H2,1-2H3/b8-7-. The van der Waals surface area contributed by atoms with Crippen molar-refractivity contribution in [1.82, 2.24) is 8.61 Å². The summed E-state index contributed by atoms with van der Waals surface area (Å²) < 4.78 is 70.9. The minimum Gasteiger partial charge on any atom is -0.489 e. The maximum absolute atomic E-state index is 14.0. The van der Waals surface area contributed by atoms with Gasteiger partial charge in [0.2, 0.25) is 20.0 Å². The molecule has 0 N–H and O–H groups in total. The quantitative estimate of drug-likeness (QED) is 0.249. The van der Waals surface area contributed by atoms with Crippen LogP contribution in [-0.4, -0.2) is 51.7 Å². The number of ether oxygens (including phenoxy) is 2. The molecule has 4 aromatic carbocycles. The molecule has 1 aliphatic heterocycles. The lowest BCUT2D eigenvalue weighted by atomic mass is 10.2. The first-order chi connectivity index (χ1) is 21.6. The van der Waals surface area contributed by atoms with Gasteiger partial charge in [0.25, 0.3) is 0 Å². The van der Waals surface area contributed by atoms with E-state index in [1.807, 2.05) is 74.5 Å². The van der Waals surface area contributed by atoms with Crippen molar-refractivity contribution in [3.8, 4) is 11.5 Å². The third kappa shape index (κ3) is 8.01. The predicted molar refractivity (Wildman–Crippen MR) is 175 cm³/mol. The Morgan fingerprint density at radius 1 is 0.533 bits per heavy atom. The van der Waals surface area contributed by atoms with E-state index >= 15 is 0 Å². The molecule has 0 unspecified atom stereocenters. The molecule has 10 heteroatoms. The summed E-state index contributed by atoms with van der Waals surface area (Å²) in [4.78, 5) is 0.353. The first-order valence-corrected chi connectivity index (χ1v) is 17.7. The van der Waals surface area contributed by atoms with Gasteiger partial charge >= 0.3 is 0 Å². The van der Waals surface area contributed by atoms with Crippen molar-refractivity contribution < 1.29 is 26.3 Å². The zero-order valence-corrected chi connectivity index (χ0v) is 27.1. The normalized spacial score (nSPS) is 16.8. The molecule has 5 rings (SSSR count). The molecule has 45 heavy (non-hydrogen) atoms. The molecule has 0 spiro atoms. The molecule has 0 bridgehead atoms. The fourth-order valence-electron chi connectivity index (χ4n) is 5.05. The van der Waals surface area contributed by atoms with Crippen LogP contribution in [0.2, 0.25) is 0 Å². The zero-order chi connectivity index (χ0) is 31.9. The van der Waals surface area contributed by atoms with Crippen molar-refractivity contribution >= 4 is 20.0 Å². The second-order valence-corrected chi connectivity index (χ2v) is 14.8. The monoisotopic (exact) mass is 646 g/mol. The predicted octanol–water partition coefficient (Wildman–Crippen LogP) is 6.10. The van der Waals surface area contributed by atoms with Crippen LogP contribution < -0.4 is 9.47 Å². The molecule has 0 atom stereocenters. The molecule has 0 aliphatic carbocycles. The summed E-state index contributed by atoms with van der Waals surface area (Å²) in [6.45, 7) is 4.65. The van der Waals surface area contributed by atoms with Gasteiger partial charge in [0.1, 0.15) is 24.7 Å². The third-order valence-electron chi connectivity index (χ3n) is 7.61. The number of aryl methyl sites for hydroxylation is 2. The van der Waals surface area contributed by atoms with Crippen LogP contribution >= 0.6 is 0 Å². The Morgan fingerprint density at radius 2 is 0.911 bits per heavy atom. The minimum absolute atomic E-state index is 0.0623. The SMILES string of the molecule is Cc1ccc(S(=O)(=O)N2CCCN(S(=O)(=O)c3ccc(C)cc3)Cc3ccccc3OC/C=C\COc3ccccc3C2)cc1. The second-order valence-electron chi connectivity index (χ2n) is 11.0. The van der Waals surface area contributed by atoms with E-state index in [2.05, 4.69) is 0 Å². The van der Waals surface area contributed by atoms with Gasteiger partial charge in [0.15, 0.2) is 0 Å². The van der Waals surface area contributed by atoms with Gasteiger partial charge in [-0.1, -0.05) is 71.8 Å². The van der Waals surface area contributed by atoms with E-state index in [4.69, 9.17) is 9.47 Å². The van der Waals surface area contributed by atoms with Crippen molar-refractivity contribution in [2.24, 2.45) is 0 Å². The van der Waals surface area contributed by atoms with E-state index in [-0.39, 0.29) is 55.6 Å². The minimum atomic E-state index is -3.93. The highest BCUT2D eigenvalue weighted by Gasteiger charge is 2.29. The van der Waals surface area contributed by atoms with Crippen LogP contribution in [-0.2, 0) is 33.1 Å². The summed E-state index contributed by atoms with van der Waals surface area (Å²) >= 11 is 0. The van der Waals surface area contributed by atoms with Gasteiger partial charge in [-0.2, -0.15) is 8.61 Å². The third-order valence-corrected chi connectivity index (χ3v) is 11.3. The molecule has 0 saturated heterocycles. The van der Waals surface area contributed by atoms with Gasteiger partial charge in [-0.05, 0) is 68.8 Å². The van der Waals surface area contributed by atoms with E-state index in [0.29, 0.717) is 22.6 Å². The van der Waals surface area contributed by atoms with Crippen LogP contribution in [0, 0.1) is 13.8 Å². The van der Waals surface area contributed by atoms with Crippen LogP contribution in [0.4, 0.5) is 0 Å². The summed E-state index contributed by atoms with van der Waals surface area (Å²) in [5.74, 6) is 1.15. The molecule has 8 nitrogen and oxygen atoms in total. The molecule has 0 radical (unpaired) electrons. The average Bonchev–Trinajstić information content (AvgIpc) is 3.03. The van der Waals surface area contributed by atoms with Crippen molar-refractivity contribution in [1.29, 1.82) is 0 Å². The number of para-hydroxylation sites is 2. The second kappa shape index (κ2) is 14.4. The summed E-state index contributed by atoms with van der Waals surface area (Å²) in [6, 6.07) is 28.2. The summed E-state index contributed by atoms with van der Waals surface area (Å²) in [7, 11) is -7.86. The number of benzene rings is 4. The Hall–Kier alpha value is -3.96. The van der Waals surface area contributed by atoms with Crippen molar-refractivity contribution in [3.63, 3.8) is 0 Å². The van der Waals surface area contributed by atoms with Crippen LogP contribution in [0.25, 0.3) is 0 Å². The molecule has 0 aromatic heterocycles. The first-order valence-electron chi connectivity index (χ1n) is 14.8. The van der Waals surface area contributed by atoms with Crippen LogP contribution in [0.15, 0.2) is 119 Å². The Bertz CT molecular complexity index is 1700. The maximum atomic E-state index is 14.0. The topological polar surface area (TPSA) is 93.2 Å². The largest absolute Gasteiger partial charge is 0.489 e. The summed E-state index contributed by atoms with van der Waals surface area (Å²) in [6.07, 6.45) is 3.93. The molecular weight excluding hydrogens is 609 g/mol. The van der Waals surface area contributed by atoms with Gasteiger partial charge in [-0.3, -0.25) is 0 Å². The van der Waals surface area contributed by atoms with Gasteiger partial charge in [0, 0.05) is 37.3 Å². The average molecular weight is 647 g/mol. The molecule has 236 valence electrons. The van der Waals surface area contributed by atoms with Crippen LogP contribution in [0.3, 0.4) is 0 Å². The number of sulfonamides is 2. The number of rotatable bonds is 4. The number of nitrogens with zero attached hydrogens (tertiary/aromatic N) is 2. The Labute approximate surface area is 266 Å². The lowest BCUT2D eigenvalue weighted by Crippen LogP contribution is -2.36. The molecule has 0 amide bonds. The molecule has 1 aliphatic rings. The highest BCUT2D eigenvalue weighted by atomic mass is 32.2. The zero-order valence-electron chi connectivity index (χ0n) is 25.5. The Balaban J connectivity index is 1.53. The summed E-state index contributed by atoms with van der Waals surface area (Å²) in [5.41, 5.74) is 3.31. The highest BCUT2D eigenvalue weighted by Crippen LogP contribution is 2.27. The van der Waals surface area contributed by atoms with Gasteiger partial charge in [-0.25, -0.2) is 16.8 Å². The first kappa shape index (κ1) is 32.4. The number of hydrogen-bond acceptors (Lipinski definition) is 6. The maximum Gasteiger partial charge on any atom is 0.243 e. The van der Waals surface area contributed by atoms with E-state index in [1.54, 1.807) is 48.5 Å². The van der Waals surface area contributed by atoms with E-state index in [9.17, 15) is 16.8 Å². The molecule has 1 heterocycles. The van der Waals surface area contributed by atoms with Gasteiger partial charge < -0.3 is 9.47 Å². The van der Waals surface area contributed by atoms with Crippen molar-refractivity contribution in [2.75, 3.05) is 26.3 Å². The number of hydrogen-bond donors (Lipinski definition) is 0.